The Morgan fingerprint density at radius 3 is 2.67 bits per heavy atom. The molecule has 6 nitrogen and oxygen atoms in total. The van der Waals surface area contributed by atoms with Gasteiger partial charge in [-0.2, -0.15) is 4.52 Å². The van der Waals surface area contributed by atoms with Gasteiger partial charge in [0.1, 0.15) is 5.82 Å². The quantitative estimate of drug-likeness (QED) is 0.798. The minimum absolute atomic E-state index is 0.322. The number of hydrogen-bond donors (Lipinski definition) is 0. The molecule has 0 unspecified atom stereocenters. The van der Waals surface area contributed by atoms with Crippen LogP contribution in [0.25, 0.3) is 5.65 Å². The first-order chi connectivity index (χ1) is 8.75. The molecule has 2 aromatic rings. The molecule has 1 aliphatic heterocycles. The zero-order valence-corrected chi connectivity index (χ0v) is 9.46. The Labute approximate surface area is 101 Å². The number of ether oxygens (including phenoxy) is 1. The minimum atomic E-state index is -2.69. The van der Waals surface area contributed by atoms with Gasteiger partial charge in [-0.05, 0) is 12.1 Å². The number of rotatable bonds is 2. The van der Waals surface area contributed by atoms with Crippen molar-refractivity contribution in [1.82, 2.24) is 19.8 Å². The van der Waals surface area contributed by atoms with Crippen LogP contribution in [0.15, 0.2) is 12.1 Å². The number of hydrogen-bond acceptors (Lipinski definition) is 5. The van der Waals surface area contributed by atoms with Crippen molar-refractivity contribution in [1.29, 1.82) is 0 Å². The Morgan fingerprint density at radius 1 is 1.17 bits per heavy atom. The largest absolute Gasteiger partial charge is 0.378 e. The molecule has 1 fully saturated rings. The lowest BCUT2D eigenvalue weighted by Crippen LogP contribution is -2.37. The summed E-state index contributed by atoms with van der Waals surface area (Å²) in [6.07, 6.45) is -2.69. The van der Waals surface area contributed by atoms with Crippen LogP contribution in [0, 0.1) is 0 Å². The minimum Gasteiger partial charge on any atom is -0.378 e. The lowest BCUT2D eigenvalue weighted by Gasteiger charge is -2.27. The fraction of sp³-hybridized carbons (Fsp3) is 0.500. The summed E-state index contributed by atoms with van der Waals surface area (Å²) in [6, 6.07) is 3.39. The molecule has 0 aliphatic carbocycles. The Hall–Kier alpha value is -1.83. The third-order valence-corrected chi connectivity index (χ3v) is 2.80. The number of aromatic nitrogens is 4. The van der Waals surface area contributed by atoms with Gasteiger partial charge < -0.3 is 9.64 Å². The maximum absolute atomic E-state index is 12.7. The van der Waals surface area contributed by atoms with Gasteiger partial charge in [0.25, 0.3) is 6.43 Å². The predicted molar refractivity (Wildman–Crippen MR) is 58.8 cm³/mol. The first-order valence-corrected chi connectivity index (χ1v) is 5.59. The van der Waals surface area contributed by atoms with Crippen LogP contribution in [0.3, 0.4) is 0 Å². The third-order valence-electron chi connectivity index (χ3n) is 2.80. The van der Waals surface area contributed by atoms with Gasteiger partial charge in [0, 0.05) is 13.1 Å². The summed E-state index contributed by atoms with van der Waals surface area (Å²) in [5, 5.41) is 11.3. The molecule has 1 aliphatic rings. The van der Waals surface area contributed by atoms with Crippen LogP contribution in [0.4, 0.5) is 14.6 Å². The van der Waals surface area contributed by atoms with E-state index in [1.165, 1.54) is 0 Å². The molecule has 3 rings (SSSR count). The van der Waals surface area contributed by atoms with Crippen LogP contribution in [0.5, 0.6) is 0 Å². The fourth-order valence-corrected chi connectivity index (χ4v) is 1.89. The van der Waals surface area contributed by atoms with E-state index in [4.69, 9.17) is 4.74 Å². The molecule has 0 atom stereocenters. The summed E-state index contributed by atoms with van der Waals surface area (Å²) in [6.45, 7) is 2.63. The summed E-state index contributed by atoms with van der Waals surface area (Å²) in [5.74, 6) is 0.201. The molecule has 18 heavy (non-hydrogen) atoms. The first-order valence-electron chi connectivity index (χ1n) is 5.59. The number of halogens is 2. The Balaban J connectivity index is 2.00. The second kappa shape index (κ2) is 4.45. The molecule has 0 saturated carbocycles. The molecule has 2 aromatic heterocycles. The lowest BCUT2D eigenvalue weighted by atomic mass is 10.4. The smallest absolute Gasteiger partial charge is 0.299 e. The van der Waals surface area contributed by atoms with Gasteiger partial charge in [0.05, 0.1) is 13.2 Å². The van der Waals surface area contributed by atoms with E-state index >= 15 is 0 Å². The van der Waals surface area contributed by atoms with Crippen LogP contribution >= 0.6 is 0 Å². The number of fused-ring (bicyclic) bond motifs is 1. The summed E-state index contributed by atoms with van der Waals surface area (Å²) < 4.78 is 31.7. The van der Waals surface area contributed by atoms with Crippen molar-refractivity contribution in [2.45, 2.75) is 6.43 Å². The van der Waals surface area contributed by atoms with E-state index in [9.17, 15) is 8.78 Å². The summed E-state index contributed by atoms with van der Waals surface area (Å²) in [4.78, 5) is 1.98. The standard InChI is InChI=1S/C10H11F2N5O/c11-9(12)10-14-13-7-1-2-8(15-17(7)10)16-3-5-18-6-4-16/h1-2,9H,3-6H2. The number of alkyl halides is 2. The number of nitrogens with zero attached hydrogens (tertiary/aromatic N) is 5. The highest BCUT2D eigenvalue weighted by molar-refractivity contribution is 5.46. The van der Waals surface area contributed by atoms with E-state index in [2.05, 4.69) is 15.3 Å². The molecule has 8 heteroatoms. The van der Waals surface area contributed by atoms with Crippen molar-refractivity contribution in [3.8, 4) is 0 Å². The molecular weight excluding hydrogens is 244 g/mol. The topological polar surface area (TPSA) is 55.5 Å². The van der Waals surface area contributed by atoms with Crippen LogP contribution in [0.2, 0.25) is 0 Å². The summed E-state index contributed by atoms with van der Waals surface area (Å²) in [5.41, 5.74) is 0.322. The Morgan fingerprint density at radius 2 is 1.94 bits per heavy atom. The van der Waals surface area contributed by atoms with Crippen LogP contribution < -0.4 is 4.90 Å². The van der Waals surface area contributed by atoms with E-state index in [1.807, 2.05) is 4.90 Å². The number of morpholine rings is 1. The average Bonchev–Trinajstić information content (AvgIpc) is 2.82. The second-order valence-electron chi connectivity index (χ2n) is 3.92. The molecule has 96 valence electrons. The highest BCUT2D eigenvalue weighted by Crippen LogP contribution is 2.19. The molecule has 0 spiro atoms. The molecule has 3 heterocycles. The molecule has 0 bridgehead atoms. The molecular formula is C10H11F2N5O. The van der Waals surface area contributed by atoms with E-state index in [0.29, 0.717) is 37.8 Å². The van der Waals surface area contributed by atoms with Gasteiger partial charge in [-0.25, -0.2) is 8.78 Å². The first kappa shape index (κ1) is 11.3. The summed E-state index contributed by atoms with van der Waals surface area (Å²) >= 11 is 0. The zero-order chi connectivity index (χ0) is 12.5. The molecule has 0 radical (unpaired) electrons. The van der Waals surface area contributed by atoms with Gasteiger partial charge in [0.15, 0.2) is 5.65 Å². The molecule has 0 N–H and O–H groups in total. The van der Waals surface area contributed by atoms with Crippen molar-refractivity contribution < 1.29 is 13.5 Å². The van der Waals surface area contributed by atoms with Crippen LogP contribution in [-0.4, -0.2) is 46.1 Å². The fourth-order valence-electron chi connectivity index (χ4n) is 1.89. The van der Waals surface area contributed by atoms with Crippen molar-refractivity contribution in [2.24, 2.45) is 0 Å². The van der Waals surface area contributed by atoms with E-state index in [1.54, 1.807) is 12.1 Å². The maximum atomic E-state index is 12.7. The van der Waals surface area contributed by atoms with Gasteiger partial charge in [0.2, 0.25) is 5.82 Å². The monoisotopic (exact) mass is 255 g/mol. The maximum Gasteiger partial charge on any atom is 0.299 e. The van der Waals surface area contributed by atoms with Crippen LogP contribution in [0.1, 0.15) is 12.2 Å². The second-order valence-corrected chi connectivity index (χ2v) is 3.92. The Kier molecular flexibility index (Phi) is 2.78. The predicted octanol–water partition coefficient (Wildman–Crippen LogP) is 0.898. The highest BCUT2D eigenvalue weighted by Gasteiger charge is 2.19. The normalized spacial score (nSPS) is 16.7. The van der Waals surface area contributed by atoms with Gasteiger partial charge in [-0.1, -0.05) is 0 Å². The molecule has 1 saturated heterocycles. The van der Waals surface area contributed by atoms with Crippen LogP contribution in [-0.2, 0) is 4.74 Å². The van der Waals surface area contributed by atoms with Crippen molar-refractivity contribution in [2.75, 3.05) is 31.2 Å². The Bertz CT molecular complexity index is 552. The van der Waals surface area contributed by atoms with Gasteiger partial charge in [-0.15, -0.1) is 15.3 Å². The molecule has 0 amide bonds. The average molecular weight is 255 g/mol. The van der Waals surface area contributed by atoms with E-state index in [-0.39, 0.29) is 0 Å². The van der Waals surface area contributed by atoms with E-state index < -0.39 is 12.2 Å². The van der Waals surface area contributed by atoms with E-state index in [0.717, 1.165) is 4.52 Å². The highest BCUT2D eigenvalue weighted by atomic mass is 19.3. The SMILES string of the molecule is FC(F)c1nnc2ccc(N3CCOCC3)nn12. The van der Waals surface area contributed by atoms with Crippen molar-refractivity contribution in [3.63, 3.8) is 0 Å². The third kappa shape index (κ3) is 1.88. The number of anilines is 1. The lowest BCUT2D eigenvalue weighted by molar-refractivity contribution is 0.122. The van der Waals surface area contributed by atoms with Crippen molar-refractivity contribution in [3.05, 3.63) is 18.0 Å². The van der Waals surface area contributed by atoms with Gasteiger partial charge in [-0.3, -0.25) is 0 Å². The summed E-state index contributed by atoms with van der Waals surface area (Å²) in [7, 11) is 0. The van der Waals surface area contributed by atoms with Crippen molar-refractivity contribution >= 4 is 11.5 Å². The molecule has 0 aromatic carbocycles. The zero-order valence-electron chi connectivity index (χ0n) is 9.46. The van der Waals surface area contributed by atoms with Gasteiger partial charge >= 0.3 is 0 Å².